The van der Waals surface area contributed by atoms with Crippen molar-refractivity contribution in [1.29, 1.82) is 0 Å². The van der Waals surface area contributed by atoms with E-state index in [4.69, 9.17) is 10.6 Å². The first-order valence-corrected chi connectivity index (χ1v) is 7.86. The van der Waals surface area contributed by atoms with Gasteiger partial charge in [0.15, 0.2) is 0 Å². The second-order valence-corrected chi connectivity index (χ2v) is 5.89. The third kappa shape index (κ3) is 3.69. The van der Waals surface area contributed by atoms with Crippen LogP contribution in [0.2, 0.25) is 0 Å². The van der Waals surface area contributed by atoms with Gasteiger partial charge in [0.2, 0.25) is 0 Å². The van der Waals surface area contributed by atoms with Gasteiger partial charge in [-0.15, -0.1) is 0 Å². The molecule has 1 aliphatic rings. The Morgan fingerprint density at radius 2 is 1.84 bits per heavy atom. The van der Waals surface area contributed by atoms with Gasteiger partial charge in [0.05, 0.1) is 0 Å². The average molecular weight is 271 g/mol. The van der Waals surface area contributed by atoms with Crippen LogP contribution in [0.15, 0.2) is 0 Å². The molecule has 1 aliphatic carbocycles. The number of methoxy groups -OCH3 is 1. The summed E-state index contributed by atoms with van der Waals surface area (Å²) in [5.74, 6) is 6.47. The molecule has 0 bridgehead atoms. The second kappa shape index (κ2) is 8.20. The van der Waals surface area contributed by atoms with Gasteiger partial charge in [-0.3, -0.25) is 16.2 Å². The highest BCUT2D eigenvalue weighted by Crippen LogP contribution is 2.40. The normalized spacial score (nSPS) is 21.8. The fourth-order valence-corrected chi connectivity index (χ4v) is 3.98. The van der Waals surface area contributed by atoms with Gasteiger partial charge in [0.1, 0.15) is 0 Å². The molecule has 1 fully saturated rings. The minimum atomic E-state index is 0.241. The summed E-state index contributed by atoms with van der Waals surface area (Å²) < 4.78 is 5.23. The van der Waals surface area contributed by atoms with Crippen LogP contribution in [0.25, 0.3) is 0 Å². The van der Waals surface area contributed by atoms with Crippen LogP contribution in [0.3, 0.4) is 0 Å². The molecule has 0 saturated heterocycles. The molecule has 1 saturated carbocycles. The SMILES string of the molecule is CCN(CC)C1(C(NN)C(C)CCOC)CCCC1. The Hall–Kier alpha value is -0.160. The van der Waals surface area contributed by atoms with Crippen LogP contribution in [0.5, 0.6) is 0 Å². The predicted octanol–water partition coefficient (Wildman–Crippen LogP) is 2.15. The monoisotopic (exact) mass is 271 g/mol. The number of rotatable bonds is 9. The molecule has 0 heterocycles. The molecule has 1 rings (SSSR count). The third-order valence-electron chi connectivity index (χ3n) is 4.97. The van der Waals surface area contributed by atoms with Gasteiger partial charge in [0, 0.05) is 25.3 Å². The van der Waals surface area contributed by atoms with Crippen molar-refractivity contribution >= 4 is 0 Å². The Morgan fingerprint density at radius 1 is 1.26 bits per heavy atom. The predicted molar refractivity (Wildman–Crippen MR) is 80.9 cm³/mol. The molecule has 0 aromatic carbocycles. The first kappa shape index (κ1) is 16.9. The summed E-state index contributed by atoms with van der Waals surface area (Å²) in [4.78, 5) is 2.62. The van der Waals surface area contributed by atoms with Crippen molar-refractivity contribution in [3.05, 3.63) is 0 Å². The van der Waals surface area contributed by atoms with Crippen LogP contribution in [0, 0.1) is 5.92 Å². The fourth-order valence-electron chi connectivity index (χ4n) is 3.98. The number of likely N-dealkylation sites (N-methyl/N-ethyl adjacent to an activating group) is 1. The van der Waals surface area contributed by atoms with Crippen molar-refractivity contribution in [3.63, 3.8) is 0 Å². The molecule has 0 radical (unpaired) electrons. The first-order chi connectivity index (χ1) is 9.16. The number of hydrogen-bond acceptors (Lipinski definition) is 4. The van der Waals surface area contributed by atoms with Gasteiger partial charge >= 0.3 is 0 Å². The highest BCUT2D eigenvalue weighted by molar-refractivity contribution is 5.04. The lowest BCUT2D eigenvalue weighted by Gasteiger charge is -2.48. The summed E-state index contributed by atoms with van der Waals surface area (Å²) >= 11 is 0. The molecule has 2 atom stereocenters. The van der Waals surface area contributed by atoms with E-state index in [2.05, 4.69) is 31.1 Å². The van der Waals surface area contributed by atoms with Crippen LogP contribution in [0.1, 0.15) is 52.9 Å². The Kier molecular flexibility index (Phi) is 7.29. The number of hydrogen-bond donors (Lipinski definition) is 2. The molecule has 3 N–H and O–H groups in total. The van der Waals surface area contributed by atoms with E-state index in [-0.39, 0.29) is 5.54 Å². The molecule has 4 nitrogen and oxygen atoms in total. The van der Waals surface area contributed by atoms with E-state index in [1.807, 2.05) is 0 Å². The topological polar surface area (TPSA) is 50.5 Å². The van der Waals surface area contributed by atoms with E-state index in [0.29, 0.717) is 12.0 Å². The smallest absolute Gasteiger partial charge is 0.0465 e. The van der Waals surface area contributed by atoms with Crippen molar-refractivity contribution in [3.8, 4) is 0 Å². The number of nitrogens with two attached hydrogens (primary N) is 1. The van der Waals surface area contributed by atoms with E-state index in [0.717, 1.165) is 26.1 Å². The van der Waals surface area contributed by atoms with Crippen molar-refractivity contribution in [2.24, 2.45) is 11.8 Å². The Labute approximate surface area is 119 Å². The van der Waals surface area contributed by atoms with Gasteiger partial charge in [-0.05, 0) is 38.3 Å². The van der Waals surface area contributed by atoms with Crippen LogP contribution in [0.4, 0.5) is 0 Å². The fraction of sp³-hybridized carbons (Fsp3) is 1.00. The average Bonchev–Trinajstić information content (AvgIpc) is 2.89. The molecule has 0 amide bonds. The third-order valence-corrected chi connectivity index (χ3v) is 4.97. The van der Waals surface area contributed by atoms with Crippen LogP contribution in [-0.4, -0.2) is 43.3 Å². The molecule has 0 aromatic heterocycles. The van der Waals surface area contributed by atoms with Crippen LogP contribution in [-0.2, 0) is 4.74 Å². The maximum atomic E-state index is 5.94. The second-order valence-electron chi connectivity index (χ2n) is 5.89. The van der Waals surface area contributed by atoms with Gasteiger partial charge in [-0.25, -0.2) is 0 Å². The van der Waals surface area contributed by atoms with Crippen LogP contribution < -0.4 is 11.3 Å². The van der Waals surface area contributed by atoms with E-state index < -0.39 is 0 Å². The lowest BCUT2D eigenvalue weighted by Crippen LogP contribution is -2.63. The van der Waals surface area contributed by atoms with Crippen LogP contribution >= 0.6 is 0 Å². The molecular formula is C15H33N3O. The van der Waals surface area contributed by atoms with Gasteiger partial charge in [-0.2, -0.15) is 0 Å². The number of ether oxygens (including phenoxy) is 1. The molecular weight excluding hydrogens is 238 g/mol. The lowest BCUT2D eigenvalue weighted by atomic mass is 9.78. The number of nitrogens with one attached hydrogen (secondary N) is 1. The standard InChI is InChI=1S/C15H33N3O/c1-5-18(6-2)15(10-7-8-11-15)14(17-16)13(3)9-12-19-4/h13-14,17H,5-12,16H2,1-4H3. The van der Waals surface area contributed by atoms with Gasteiger partial charge in [-0.1, -0.05) is 33.6 Å². The highest BCUT2D eigenvalue weighted by Gasteiger charge is 2.46. The number of nitrogens with zero attached hydrogens (tertiary/aromatic N) is 1. The quantitative estimate of drug-likeness (QED) is 0.498. The largest absolute Gasteiger partial charge is 0.385 e. The molecule has 2 unspecified atom stereocenters. The molecule has 4 heteroatoms. The summed E-state index contributed by atoms with van der Waals surface area (Å²) in [7, 11) is 1.77. The molecule has 19 heavy (non-hydrogen) atoms. The maximum absolute atomic E-state index is 5.94. The van der Waals surface area contributed by atoms with E-state index in [9.17, 15) is 0 Å². The van der Waals surface area contributed by atoms with Crippen molar-refractivity contribution in [2.75, 3.05) is 26.8 Å². The Balaban J connectivity index is 2.87. The van der Waals surface area contributed by atoms with E-state index in [1.165, 1.54) is 25.7 Å². The zero-order valence-corrected chi connectivity index (χ0v) is 13.2. The number of hydrazine groups is 1. The van der Waals surface area contributed by atoms with Gasteiger partial charge in [0.25, 0.3) is 0 Å². The summed E-state index contributed by atoms with van der Waals surface area (Å²) in [5, 5.41) is 0. The molecule has 0 aliphatic heterocycles. The molecule has 0 aromatic rings. The summed E-state index contributed by atoms with van der Waals surface area (Å²) in [5.41, 5.74) is 3.39. The Morgan fingerprint density at radius 3 is 2.26 bits per heavy atom. The summed E-state index contributed by atoms with van der Waals surface area (Å²) in [6.45, 7) is 9.84. The molecule has 0 spiro atoms. The van der Waals surface area contributed by atoms with E-state index >= 15 is 0 Å². The summed E-state index contributed by atoms with van der Waals surface area (Å²) in [6.07, 6.45) is 6.24. The van der Waals surface area contributed by atoms with Crippen molar-refractivity contribution < 1.29 is 4.74 Å². The highest BCUT2D eigenvalue weighted by atomic mass is 16.5. The molecule has 114 valence electrons. The van der Waals surface area contributed by atoms with Crippen molar-refractivity contribution in [1.82, 2.24) is 10.3 Å². The minimum absolute atomic E-state index is 0.241. The van der Waals surface area contributed by atoms with E-state index in [1.54, 1.807) is 7.11 Å². The Bertz CT molecular complexity index is 238. The maximum Gasteiger partial charge on any atom is 0.0465 e. The lowest BCUT2D eigenvalue weighted by molar-refractivity contribution is 0.0347. The zero-order chi connectivity index (χ0) is 14.3. The summed E-state index contributed by atoms with van der Waals surface area (Å²) in [6, 6.07) is 0.352. The van der Waals surface area contributed by atoms with Gasteiger partial charge < -0.3 is 4.74 Å². The zero-order valence-electron chi connectivity index (χ0n) is 13.2. The van der Waals surface area contributed by atoms with Crippen molar-refractivity contribution in [2.45, 2.75) is 64.5 Å². The minimum Gasteiger partial charge on any atom is -0.385 e. The first-order valence-electron chi connectivity index (χ1n) is 7.86.